The second-order valence-electron chi connectivity index (χ2n) is 5.25. The molecule has 0 radical (unpaired) electrons. The molecule has 1 aliphatic heterocycles. The van der Waals surface area contributed by atoms with Gasteiger partial charge in [0, 0.05) is 29.1 Å². The summed E-state index contributed by atoms with van der Waals surface area (Å²) in [6.45, 7) is 1.76. The summed E-state index contributed by atoms with van der Waals surface area (Å²) in [5.41, 5.74) is 4.05. The molecule has 6 nitrogen and oxygen atoms in total. The van der Waals surface area contributed by atoms with Gasteiger partial charge in [0.25, 0.3) is 0 Å². The molecule has 3 N–H and O–H groups in total. The van der Waals surface area contributed by atoms with Gasteiger partial charge in [0.1, 0.15) is 0 Å². The van der Waals surface area contributed by atoms with E-state index in [1.807, 2.05) is 28.2 Å². The van der Waals surface area contributed by atoms with E-state index in [2.05, 4.69) is 29.5 Å². The highest BCUT2D eigenvalue weighted by molar-refractivity contribution is 8.06. The van der Waals surface area contributed by atoms with Crippen LogP contribution in [0.1, 0.15) is 11.7 Å². The number of nitrogens with two attached hydrogens (primary N) is 1. The van der Waals surface area contributed by atoms with E-state index in [9.17, 15) is 0 Å². The monoisotopic (exact) mass is 331 g/mol. The summed E-state index contributed by atoms with van der Waals surface area (Å²) in [7, 11) is 5.81. The summed E-state index contributed by atoms with van der Waals surface area (Å²) in [5, 5.41) is 4.92. The van der Waals surface area contributed by atoms with Crippen LogP contribution in [-0.4, -0.2) is 64.9 Å². The Bertz CT molecular complexity index is 434. The maximum absolute atomic E-state index is 5.86. The molecule has 1 aromatic heterocycles. The number of thioether (sulfide) groups is 2. The normalized spacial score (nSPS) is 20.7. The smallest absolute Gasteiger partial charge is 0.161 e. The predicted molar refractivity (Wildman–Crippen MR) is 91.0 cm³/mol. The Kier molecular flexibility index (Phi) is 6.69. The van der Waals surface area contributed by atoms with E-state index in [1.54, 1.807) is 13.3 Å². The van der Waals surface area contributed by atoms with E-state index in [0.29, 0.717) is 5.25 Å². The summed E-state index contributed by atoms with van der Waals surface area (Å²) >= 11 is 3.96. The number of likely N-dealkylation sites (N-methyl/N-ethyl adjacent to an activating group) is 1. The van der Waals surface area contributed by atoms with Crippen molar-refractivity contribution in [1.82, 2.24) is 20.1 Å². The molecule has 2 unspecified atom stereocenters. The van der Waals surface area contributed by atoms with Crippen LogP contribution in [0.5, 0.6) is 5.75 Å². The first-order chi connectivity index (χ1) is 10.2. The van der Waals surface area contributed by atoms with Crippen LogP contribution in [0.15, 0.2) is 6.20 Å². The summed E-state index contributed by atoms with van der Waals surface area (Å²) in [6, 6.07) is 0.0578. The van der Waals surface area contributed by atoms with Crippen LogP contribution in [0.2, 0.25) is 0 Å². The van der Waals surface area contributed by atoms with Crippen molar-refractivity contribution < 1.29 is 4.74 Å². The molecule has 1 fully saturated rings. The summed E-state index contributed by atoms with van der Waals surface area (Å²) in [4.78, 5) is 2.15. The minimum Gasteiger partial charge on any atom is -0.493 e. The molecule has 2 heterocycles. The lowest BCUT2D eigenvalue weighted by molar-refractivity contribution is 0.354. The van der Waals surface area contributed by atoms with E-state index >= 15 is 0 Å². The fourth-order valence-corrected chi connectivity index (χ4v) is 5.21. The highest BCUT2D eigenvalue weighted by atomic mass is 32.2. The van der Waals surface area contributed by atoms with Crippen molar-refractivity contribution in [2.75, 3.05) is 45.0 Å². The Labute approximate surface area is 135 Å². The Balaban J connectivity index is 2.22. The fourth-order valence-electron chi connectivity index (χ4n) is 2.38. The molecule has 2 atom stereocenters. The van der Waals surface area contributed by atoms with E-state index in [-0.39, 0.29) is 6.04 Å². The maximum atomic E-state index is 5.86. The Morgan fingerprint density at radius 3 is 2.95 bits per heavy atom. The highest BCUT2D eigenvalue weighted by Gasteiger charge is 2.30. The molecular formula is C13H25N5OS2. The number of hydrogen-bond donors (Lipinski definition) is 2. The first-order valence-electron chi connectivity index (χ1n) is 7.07. The first-order valence-corrected chi connectivity index (χ1v) is 9.27. The van der Waals surface area contributed by atoms with Crippen molar-refractivity contribution in [3.05, 3.63) is 11.9 Å². The molecule has 120 valence electrons. The number of aromatic nitrogens is 2. The van der Waals surface area contributed by atoms with Gasteiger partial charge in [0.05, 0.1) is 31.6 Å². The molecule has 21 heavy (non-hydrogen) atoms. The standard InChI is InChI=1S/C13H25N5OS2/c1-17(2)4-5-18-13(10(19-3)8-15-18)12(16-14)11-9-20-6-7-21-11/h8,11-12,16H,4-7,9,14H2,1-3H3. The molecule has 0 spiro atoms. The van der Waals surface area contributed by atoms with Gasteiger partial charge in [-0.2, -0.15) is 28.6 Å². The van der Waals surface area contributed by atoms with Gasteiger partial charge in [-0.25, -0.2) is 0 Å². The van der Waals surface area contributed by atoms with Gasteiger partial charge in [0.2, 0.25) is 0 Å². The van der Waals surface area contributed by atoms with Gasteiger partial charge in [-0.1, -0.05) is 0 Å². The van der Waals surface area contributed by atoms with Gasteiger partial charge in [-0.05, 0) is 14.1 Å². The number of nitrogens with one attached hydrogen (secondary N) is 1. The van der Waals surface area contributed by atoms with Crippen LogP contribution in [-0.2, 0) is 6.54 Å². The van der Waals surface area contributed by atoms with Crippen molar-refractivity contribution in [2.24, 2.45) is 5.84 Å². The van der Waals surface area contributed by atoms with Crippen molar-refractivity contribution in [2.45, 2.75) is 17.8 Å². The van der Waals surface area contributed by atoms with Crippen LogP contribution in [0.25, 0.3) is 0 Å². The van der Waals surface area contributed by atoms with E-state index in [4.69, 9.17) is 10.6 Å². The van der Waals surface area contributed by atoms with Gasteiger partial charge in [-0.3, -0.25) is 16.0 Å². The number of ether oxygens (including phenoxy) is 1. The first kappa shape index (κ1) is 17.0. The number of rotatable bonds is 7. The molecule has 0 amide bonds. The summed E-state index contributed by atoms with van der Waals surface area (Å²) in [6.07, 6.45) is 1.79. The van der Waals surface area contributed by atoms with E-state index in [1.165, 1.54) is 11.5 Å². The number of methoxy groups -OCH3 is 1. The lowest BCUT2D eigenvalue weighted by Gasteiger charge is -2.30. The molecule has 1 aromatic rings. The van der Waals surface area contributed by atoms with Crippen LogP contribution >= 0.6 is 23.5 Å². The lowest BCUT2D eigenvalue weighted by Crippen LogP contribution is -2.39. The van der Waals surface area contributed by atoms with Gasteiger partial charge in [-0.15, -0.1) is 0 Å². The zero-order valence-corrected chi connectivity index (χ0v) is 14.5. The largest absolute Gasteiger partial charge is 0.493 e. The van der Waals surface area contributed by atoms with Crippen LogP contribution < -0.4 is 16.0 Å². The number of hydrazine groups is 1. The molecule has 1 aliphatic rings. The second kappa shape index (κ2) is 8.28. The molecule has 2 rings (SSSR count). The van der Waals surface area contributed by atoms with Crippen molar-refractivity contribution in [3.63, 3.8) is 0 Å². The third-order valence-electron chi connectivity index (χ3n) is 3.51. The number of hydrogen-bond acceptors (Lipinski definition) is 7. The quantitative estimate of drug-likeness (QED) is 0.566. The van der Waals surface area contributed by atoms with Crippen LogP contribution in [0.3, 0.4) is 0 Å². The summed E-state index contributed by atoms with van der Waals surface area (Å²) in [5.74, 6) is 10.2. The minimum absolute atomic E-state index is 0.0578. The molecule has 8 heteroatoms. The molecule has 1 saturated heterocycles. The summed E-state index contributed by atoms with van der Waals surface area (Å²) < 4.78 is 7.51. The molecule has 0 aromatic carbocycles. The van der Waals surface area contributed by atoms with Gasteiger partial charge >= 0.3 is 0 Å². The number of nitrogens with zero attached hydrogens (tertiary/aromatic N) is 3. The average Bonchev–Trinajstić information content (AvgIpc) is 2.90. The zero-order valence-electron chi connectivity index (χ0n) is 12.9. The lowest BCUT2D eigenvalue weighted by atomic mass is 10.1. The Morgan fingerprint density at radius 1 is 1.57 bits per heavy atom. The second-order valence-corrected chi connectivity index (χ2v) is 7.75. The maximum Gasteiger partial charge on any atom is 0.161 e. The molecule has 0 bridgehead atoms. The van der Waals surface area contributed by atoms with Gasteiger partial charge in [0.15, 0.2) is 5.75 Å². The fraction of sp³-hybridized carbons (Fsp3) is 0.769. The predicted octanol–water partition coefficient (Wildman–Crippen LogP) is 0.806. The molecule has 0 saturated carbocycles. The third-order valence-corrected chi connectivity index (χ3v) is 6.38. The van der Waals surface area contributed by atoms with Crippen molar-refractivity contribution in [1.29, 1.82) is 0 Å². The molecule has 0 aliphatic carbocycles. The van der Waals surface area contributed by atoms with Crippen LogP contribution in [0.4, 0.5) is 0 Å². The van der Waals surface area contributed by atoms with Crippen LogP contribution in [0, 0.1) is 0 Å². The highest BCUT2D eigenvalue weighted by Crippen LogP contribution is 2.36. The Hall–Kier alpha value is -0.410. The third kappa shape index (κ3) is 4.29. The van der Waals surface area contributed by atoms with Gasteiger partial charge < -0.3 is 9.64 Å². The topological polar surface area (TPSA) is 68.3 Å². The zero-order chi connectivity index (χ0) is 15.2. The Morgan fingerprint density at radius 2 is 2.38 bits per heavy atom. The molecular weight excluding hydrogens is 306 g/mol. The SMILES string of the molecule is COc1cnn(CCN(C)C)c1C(NN)C1CSCCS1. The van der Waals surface area contributed by atoms with E-state index in [0.717, 1.165) is 30.3 Å². The van der Waals surface area contributed by atoms with E-state index < -0.39 is 0 Å². The van der Waals surface area contributed by atoms with Crippen molar-refractivity contribution in [3.8, 4) is 5.75 Å². The average molecular weight is 332 g/mol. The minimum atomic E-state index is 0.0578. The van der Waals surface area contributed by atoms with Crippen molar-refractivity contribution >= 4 is 23.5 Å².